The monoisotopic (exact) mass is 480 g/mol. The zero-order valence-corrected chi connectivity index (χ0v) is 19.4. The van der Waals surface area contributed by atoms with Crippen molar-refractivity contribution in [1.29, 1.82) is 0 Å². The van der Waals surface area contributed by atoms with E-state index in [2.05, 4.69) is 38.8 Å². The zero-order valence-electron chi connectivity index (χ0n) is 19.4. The van der Waals surface area contributed by atoms with Gasteiger partial charge in [-0.3, -0.25) is 0 Å². The molecule has 1 N–H and O–H groups in total. The molecule has 10 heteroatoms. The van der Waals surface area contributed by atoms with Gasteiger partial charge in [-0.2, -0.15) is 18.2 Å². The molecule has 186 valence electrons. The van der Waals surface area contributed by atoms with Crippen LogP contribution in [0.3, 0.4) is 0 Å². The van der Waals surface area contributed by atoms with Crippen molar-refractivity contribution in [2.45, 2.75) is 64.5 Å². The van der Waals surface area contributed by atoms with Crippen molar-refractivity contribution in [3.63, 3.8) is 0 Å². The molecule has 2 fully saturated rings. The molecule has 1 saturated carbocycles. The van der Waals surface area contributed by atoms with E-state index in [0.29, 0.717) is 25.7 Å². The Morgan fingerprint density at radius 2 is 1.76 bits per heavy atom. The van der Waals surface area contributed by atoms with E-state index in [-0.39, 0.29) is 36.6 Å². The fourth-order valence-corrected chi connectivity index (χ4v) is 4.56. The predicted octanol–water partition coefficient (Wildman–Crippen LogP) is 5.15. The number of hydrogen-bond donors (Lipinski definition) is 1. The quantitative estimate of drug-likeness (QED) is 0.560. The molecule has 7 nitrogen and oxygen atoms in total. The maximum Gasteiger partial charge on any atom is 0.345 e. The third kappa shape index (κ3) is 6.73. The van der Waals surface area contributed by atoms with Gasteiger partial charge in [-0.05, 0) is 69.7 Å². The molecule has 1 aliphatic carbocycles. The first kappa shape index (κ1) is 24.5. The molecule has 4 rings (SSSR count). The van der Waals surface area contributed by atoms with E-state index in [0.717, 1.165) is 30.7 Å². The van der Waals surface area contributed by atoms with E-state index in [4.69, 9.17) is 9.47 Å². The molecule has 1 saturated heterocycles. The molecule has 1 aliphatic heterocycles. The Bertz CT molecular complexity index is 916. The lowest BCUT2D eigenvalue weighted by Crippen LogP contribution is -2.45. The summed E-state index contributed by atoms with van der Waals surface area (Å²) in [6, 6.07) is 7.88. The third-order valence-electron chi connectivity index (χ3n) is 6.16. The van der Waals surface area contributed by atoms with Crippen LogP contribution in [0.25, 0.3) is 0 Å². The number of anilines is 3. The highest BCUT2D eigenvalue weighted by Gasteiger charge is 2.25. The van der Waals surface area contributed by atoms with Crippen LogP contribution < -0.4 is 15.0 Å². The van der Waals surface area contributed by atoms with Crippen molar-refractivity contribution in [2.75, 3.05) is 29.9 Å². The van der Waals surface area contributed by atoms with Crippen LogP contribution in [0.15, 0.2) is 30.5 Å². The first-order valence-electron chi connectivity index (χ1n) is 11.7. The topological polar surface area (TPSA) is 68.7 Å². The number of rotatable bonds is 8. The van der Waals surface area contributed by atoms with Crippen LogP contribution in [0.2, 0.25) is 0 Å². The number of nitrogens with one attached hydrogen (secondary N) is 1. The van der Waals surface area contributed by atoms with E-state index in [1.807, 2.05) is 24.3 Å². The molecule has 2 aromatic rings. The molecule has 2 atom stereocenters. The van der Waals surface area contributed by atoms with Gasteiger partial charge < -0.3 is 24.4 Å². The van der Waals surface area contributed by atoms with Crippen molar-refractivity contribution in [2.24, 2.45) is 5.92 Å². The van der Waals surface area contributed by atoms with Crippen molar-refractivity contribution in [1.82, 2.24) is 9.97 Å². The van der Waals surface area contributed by atoms with Gasteiger partial charge in [-0.15, -0.1) is 0 Å². The third-order valence-corrected chi connectivity index (χ3v) is 6.16. The van der Waals surface area contributed by atoms with Gasteiger partial charge in [0.05, 0.1) is 31.1 Å². The van der Waals surface area contributed by atoms with E-state index < -0.39 is 18.5 Å². The Morgan fingerprint density at radius 3 is 2.41 bits per heavy atom. The second-order valence-corrected chi connectivity index (χ2v) is 9.03. The Hall–Kier alpha value is -2.59. The highest BCUT2D eigenvalue weighted by atomic mass is 19.3. The molecule has 0 unspecified atom stereocenters. The summed E-state index contributed by atoms with van der Waals surface area (Å²) in [5.74, 6) is -0.407. The van der Waals surface area contributed by atoms with Crippen molar-refractivity contribution in [3.8, 4) is 5.88 Å². The number of benzene rings is 1. The van der Waals surface area contributed by atoms with Crippen molar-refractivity contribution < 1.29 is 27.4 Å². The number of halogens is 3. The average Bonchev–Trinajstić information content (AvgIpc) is 2.80. The first-order chi connectivity index (χ1) is 16.4. The molecule has 0 spiro atoms. The fraction of sp³-hybridized carbons (Fsp3) is 0.583. The van der Waals surface area contributed by atoms with E-state index >= 15 is 0 Å². The largest absolute Gasteiger partial charge is 0.475 e. The molecule has 2 aliphatic rings. The lowest BCUT2D eigenvalue weighted by atomic mass is 9.88. The summed E-state index contributed by atoms with van der Waals surface area (Å²) < 4.78 is 54.9. The molecule has 1 aromatic carbocycles. The second kappa shape index (κ2) is 11.2. The van der Waals surface area contributed by atoms with Gasteiger partial charge in [-0.25, -0.2) is 4.98 Å². The maximum absolute atomic E-state index is 14.2. The van der Waals surface area contributed by atoms with E-state index in [1.54, 1.807) is 0 Å². The number of nitrogens with zero attached hydrogens (tertiary/aromatic N) is 3. The summed E-state index contributed by atoms with van der Waals surface area (Å²) in [4.78, 5) is 10.5. The summed E-state index contributed by atoms with van der Waals surface area (Å²) in [5.41, 5.74) is 1.87. The lowest BCUT2D eigenvalue weighted by molar-refractivity contribution is -0.171. The van der Waals surface area contributed by atoms with Gasteiger partial charge >= 0.3 is 6.61 Å². The molecule has 1 aromatic heterocycles. The number of ether oxygens (including phenoxy) is 3. The average molecular weight is 481 g/mol. The van der Waals surface area contributed by atoms with Gasteiger partial charge in [0, 0.05) is 24.5 Å². The van der Waals surface area contributed by atoms with Gasteiger partial charge in [0.25, 0.3) is 5.88 Å². The van der Waals surface area contributed by atoms with Gasteiger partial charge in [0.1, 0.15) is 0 Å². The highest BCUT2D eigenvalue weighted by Crippen LogP contribution is 2.29. The van der Waals surface area contributed by atoms with Crippen LogP contribution in [-0.4, -0.2) is 54.6 Å². The minimum absolute atomic E-state index is 0.128. The van der Waals surface area contributed by atoms with E-state index in [1.165, 1.54) is 0 Å². The zero-order chi connectivity index (χ0) is 24.1. The predicted molar refractivity (Wildman–Crippen MR) is 122 cm³/mol. The van der Waals surface area contributed by atoms with Crippen LogP contribution in [0, 0.1) is 11.7 Å². The van der Waals surface area contributed by atoms with Crippen LogP contribution in [0.5, 0.6) is 5.88 Å². The number of aromatic nitrogens is 2. The molecule has 34 heavy (non-hydrogen) atoms. The lowest BCUT2D eigenvalue weighted by Gasteiger charge is -2.36. The first-order valence-corrected chi connectivity index (χ1v) is 11.7. The summed E-state index contributed by atoms with van der Waals surface area (Å²) >= 11 is 0. The Balaban J connectivity index is 1.31. The summed E-state index contributed by atoms with van der Waals surface area (Å²) in [6.45, 7) is 3.31. The van der Waals surface area contributed by atoms with E-state index in [9.17, 15) is 13.2 Å². The number of alkyl halides is 2. The van der Waals surface area contributed by atoms with Gasteiger partial charge in [-0.1, -0.05) is 0 Å². The fourth-order valence-electron chi connectivity index (χ4n) is 4.56. The molecule has 2 heterocycles. The van der Waals surface area contributed by atoms with Crippen molar-refractivity contribution in [3.05, 3.63) is 36.3 Å². The second-order valence-electron chi connectivity index (χ2n) is 9.03. The SMILES string of the molecule is C[C@@H]1CN(c2ccc(Nc3ncc(F)c(OCC4CCC(OC(F)F)CC4)n3)cc2)C[C@H](C)O1. The van der Waals surface area contributed by atoms with Crippen LogP contribution in [-0.2, 0) is 9.47 Å². The Morgan fingerprint density at radius 1 is 1.09 bits per heavy atom. The van der Waals surface area contributed by atoms with Gasteiger partial charge in [0.15, 0.2) is 0 Å². The van der Waals surface area contributed by atoms with Crippen LogP contribution >= 0.6 is 0 Å². The highest BCUT2D eigenvalue weighted by molar-refractivity contribution is 5.59. The van der Waals surface area contributed by atoms with Crippen molar-refractivity contribution >= 4 is 17.3 Å². The number of hydrogen-bond acceptors (Lipinski definition) is 7. The van der Waals surface area contributed by atoms with Crippen LogP contribution in [0.4, 0.5) is 30.5 Å². The molecule has 0 bridgehead atoms. The van der Waals surface area contributed by atoms with Crippen LogP contribution in [0.1, 0.15) is 39.5 Å². The summed E-state index contributed by atoms with van der Waals surface area (Å²) in [7, 11) is 0. The van der Waals surface area contributed by atoms with Gasteiger partial charge in [0.2, 0.25) is 11.8 Å². The normalized spacial score (nSPS) is 25.4. The molecular weight excluding hydrogens is 449 g/mol. The molecular formula is C24H31F3N4O3. The minimum Gasteiger partial charge on any atom is -0.475 e. The molecule has 0 amide bonds. The maximum atomic E-state index is 14.2. The molecule has 0 radical (unpaired) electrons. The Labute approximate surface area is 197 Å². The standard InChI is InChI=1S/C24H31F3N4O3/c1-15-12-31(13-16(2)33-15)19-7-5-18(6-8-19)29-24-28-11-21(25)22(30-24)32-14-17-3-9-20(10-4-17)34-23(26)27/h5-8,11,15-17,20,23H,3-4,9-10,12-14H2,1-2H3,(H,28,29,30)/t15-,16+,17?,20?. The number of morpholine rings is 1. The summed E-state index contributed by atoms with van der Waals surface area (Å²) in [6.07, 6.45) is 3.44. The smallest absolute Gasteiger partial charge is 0.345 e. The Kier molecular flexibility index (Phi) is 8.10. The minimum atomic E-state index is -2.75. The summed E-state index contributed by atoms with van der Waals surface area (Å²) in [5, 5.41) is 3.08.